The molecule has 2 heterocycles. The molecule has 6 nitrogen and oxygen atoms in total. The van der Waals surface area contributed by atoms with Crippen LogP contribution in [-0.2, 0) is 13.1 Å². The maximum absolute atomic E-state index is 12.4. The Hall–Kier alpha value is -2.73. The maximum atomic E-state index is 12.4. The summed E-state index contributed by atoms with van der Waals surface area (Å²) in [6.45, 7) is 6.00. The van der Waals surface area contributed by atoms with E-state index >= 15 is 0 Å². The molecule has 148 valence electrons. The summed E-state index contributed by atoms with van der Waals surface area (Å²) < 4.78 is 10.7. The van der Waals surface area contributed by atoms with Gasteiger partial charge in [0.2, 0.25) is 6.79 Å². The van der Waals surface area contributed by atoms with E-state index < -0.39 is 0 Å². The average molecular weight is 381 g/mol. The van der Waals surface area contributed by atoms with Crippen molar-refractivity contribution in [1.82, 2.24) is 15.5 Å². The summed E-state index contributed by atoms with van der Waals surface area (Å²) in [6, 6.07) is 13.8. The molecule has 1 saturated heterocycles. The van der Waals surface area contributed by atoms with E-state index in [4.69, 9.17) is 9.47 Å². The van der Waals surface area contributed by atoms with Gasteiger partial charge in [-0.2, -0.15) is 0 Å². The topological polar surface area (TPSA) is 62.8 Å². The second-order valence-corrected chi connectivity index (χ2v) is 7.41. The standard InChI is InChI=1S/C22H27N3O3/c1-16(17-8-9-20-21(12-17)28-15-27-20)24-22(26)23-13-18-6-2-3-7-19(18)14-25-10-4-5-11-25/h2-3,6-9,12,16H,4-5,10-11,13-15H2,1H3,(H2,23,24,26). The molecular formula is C22H27N3O3. The number of hydrogen-bond donors (Lipinski definition) is 2. The van der Waals surface area contributed by atoms with Crippen molar-refractivity contribution in [1.29, 1.82) is 0 Å². The third kappa shape index (κ3) is 4.39. The van der Waals surface area contributed by atoms with Crippen molar-refractivity contribution in [3.63, 3.8) is 0 Å². The fraction of sp³-hybridized carbons (Fsp3) is 0.409. The first-order valence-corrected chi connectivity index (χ1v) is 9.92. The van der Waals surface area contributed by atoms with Crippen LogP contribution >= 0.6 is 0 Å². The molecule has 28 heavy (non-hydrogen) atoms. The third-order valence-electron chi connectivity index (χ3n) is 5.39. The Morgan fingerprint density at radius 1 is 1.07 bits per heavy atom. The SMILES string of the molecule is CC(NC(=O)NCc1ccccc1CN1CCCC1)c1ccc2c(c1)OCO2. The number of carbonyl (C=O) groups is 1. The number of carbonyl (C=O) groups excluding carboxylic acids is 1. The highest BCUT2D eigenvalue weighted by atomic mass is 16.7. The molecule has 2 aliphatic heterocycles. The molecule has 2 aromatic rings. The number of likely N-dealkylation sites (tertiary alicyclic amines) is 1. The van der Waals surface area contributed by atoms with E-state index in [1.54, 1.807) is 0 Å². The van der Waals surface area contributed by atoms with E-state index in [2.05, 4.69) is 33.7 Å². The Labute approximate surface area is 165 Å². The summed E-state index contributed by atoms with van der Waals surface area (Å²) in [5.74, 6) is 1.47. The Morgan fingerprint density at radius 3 is 2.64 bits per heavy atom. The van der Waals surface area contributed by atoms with Crippen LogP contribution in [0.3, 0.4) is 0 Å². The van der Waals surface area contributed by atoms with Crippen LogP contribution in [0.4, 0.5) is 4.79 Å². The first kappa shape index (κ1) is 18.6. The van der Waals surface area contributed by atoms with E-state index in [1.807, 2.05) is 31.2 Å². The van der Waals surface area contributed by atoms with Gasteiger partial charge in [-0.3, -0.25) is 4.90 Å². The van der Waals surface area contributed by atoms with Gasteiger partial charge in [0, 0.05) is 13.1 Å². The van der Waals surface area contributed by atoms with E-state index in [9.17, 15) is 4.79 Å². The minimum absolute atomic E-state index is 0.130. The average Bonchev–Trinajstić information content (AvgIpc) is 3.38. The number of benzene rings is 2. The Kier molecular flexibility index (Phi) is 5.67. The Bertz CT molecular complexity index is 834. The summed E-state index contributed by atoms with van der Waals surface area (Å²) in [5, 5.41) is 5.99. The van der Waals surface area contributed by atoms with Crippen LogP contribution in [-0.4, -0.2) is 30.8 Å². The summed E-state index contributed by atoms with van der Waals surface area (Å²) >= 11 is 0. The van der Waals surface area contributed by atoms with Gasteiger partial charge in [0.1, 0.15) is 0 Å². The molecular weight excluding hydrogens is 354 g/mol. The lowest BCUT2D eigenvalue weighted by molar-refractivity contribution is 0.174. The van der Waals surface area contributed by atoms with Crippen molar-refractivity contribution in [2.24, 2.45) is 0 Å². The number of nitrogens with zero attached hydrogens (tertiary/aromatic N) is 1. The van der Waals surface area contributed by atoms with Crippen LogP contribution in [0, 0.1) is 0 Å². The summed E-state index contributed by atoms with van der Waals surface area (Å²) in [6.07, 6.45) is 2.56. The Morgan fingerprint density at radius 2 is 1.82 bits per heavy atom. The highest BCUT2D eigenvalue weighted by molar-refractivity contribution is 5.74. The molecule has 0 radical (unpaired) electrons. The molecule has 2 aliphatic rings. The predicted octanol–water partition coefficient (Wildman–Crippen LogP) is 3.57. The molecule has 1 fully saturated rings. The molecule has 6 heteroatoms. The molecule has 0 bridgehead atoms. The van der Waals surface area contributed by atoms with Gasteiger partial charge in [-0.1, -0.05) is 30.3 Å². The molecule has 0 saturated carbocycles. The maximum Gasteiger partial charge on any atom is 0.315 e. The van der Waals surface area contributed by atoms with Crippen molar-refractivity contribution in [2.75, 3.05) is 19.9 Å². The smallest absolute Gasteiger partial charge is 0.315 e. The van der Waals surface area contributed by atoms with Gasteiger partial charge in [0.15, 0.2) is 11.5 Å². The zero-order valence-corrected chi connectivity index (χ0v) is 16.2. The molecule has 0 aliphatic carbocycles. The van der Waals surface area contributed by atoms with Crippen LogP contribution < -0.4 is 20.1 Å². The van der Waals surface area contributed by atoms with Gasteiger partial charge in [0.25, 0.3) is 0 Å². The van der Waals surface area contributed by atoms with Crippen molar-refractivity contribution in [2.45, 2.75) is 38.9 Å². The lowest BCUT2D eigenvalue weighted by atomic mass is 10.1. The zero-order chi connectivity index (χ0) is 19.3. The lowest BCUT2D eigenvalue weighted by Gasteiger charge is -2.19. The number of hydrogen-bond acceptors (Lipinski definition) is 4. The second kappa shape index (κ2) is 8.52. The minimum atomic E-state index is -0.179. The van der Waals surface area contributed by atoms with Gasteiger partial charge in [-0.05, 0) is 61.7 Å². The summed E-state index contributed by atoms with van der Waals surface area (Å²) in [7, 11) is 0. The summed E-state index contributed by atoms with van der Waals surface area (Å²) in [5.41, 5.74) is 3.43. The van der Waals surface area contributed by atoms with Crippen LogP contribution in [0.25, 0.3) is 0 Å². The van der Waals surface area contributed by atoms with Gasteiger partial charge in [-0.25, -0.2) is 4.79 Å². The van der Waals surface area contributed by atoms with Crippen molar-refractivity contribution in [3.8, 4) is 11.5 Å². The molecule has 1 atom stereocenters. The van der Waals surface area contributed by atoms with Crippen LogP contribution in [0.5, 0.6) is 11.5 Å². The number of rotatable bonds is 6. The monoisotopic (exact) mass is 381 g/mol. The third-order valence-corrected chi connectivity index (χ3v) is 5.39. The zero-order valence-electron chi connectivity index (χ0n) is 16.2. The van der Waals surface area contributed by atoms with Gasteiger partial charge in [-0.15, -0.1) is 0 Å². The van der Waals surface area contributed by atoms with Crippen molar-refractivity contribution >= 4 is 6.03 Å². The van der Waals surface area contributed by atoms with E-state index in [1.165, 1.54) is 24.0 Å². The first-order chi connectivity index (χ1) is 13.7. The highest BCUT2D eigenvalue weighted by Gasteiger charge is 2.17. The van der Waals surface area contributed by atoms with Crippen LogP contribution in [0.15, 0.2) is 42.5 Å². The van der Waals surface area contributed by atoms with Gasteiger partial charge < -0.3 is 20.1 Å². The Balaban J connectivity index is 1.32. The largest absolute Gasteiger partial charge is 0.454 e. The molecule has 0 spiro atoms. The van der Waals surface area contributed by atoms with Gasteiger partial charge in [0.05, 0.1) is 6.04 Å². The molecule has 4 rings (SSSR count). The van der Waals surface area contributed by atoms with E-state index in [0.29, 0.717) is 6.54 Å². The number of nitrogens with one attached hydrogen (secondary N) is 2. The fourth-order valence-corrected chi connectivity index (χ4v) is 3.75. The molecule has 2 amide bonds. The molecule has 2 N–H and O–H groups in total. The van der Waals surface area contributed by atoms with E-state index in [-0.39, 0.29) is 18.9 Å². The molecule has 2 aromatic carbocycles. The number of fused-ring (bicyclic) bond motifs is 1. The van der Waals surface area contributed by atoms with Gasteiger partial charge >= 0.3 is 6.03 Å². The molecule has 1 unspecified atom stereocenters. The first-order valence-electron chi connectivity index (χ1n) is 9.92. The van der Waals surface area contributed by atoms with Crippen LogP contribution in [0.1, 0.15) is 42.5 Å². The van der Waals surface area contributed by atoms with Crippen molar-refractivity contribution < 1.29 is 14.3 Å². The van der Waals surface area contributed by atoms with Crippen molar-refractivity contribution in [3.05, 3.63) is 59.2 Å². The minimum Gasteiger partial charge on any atom is -0.454 e. The van der Waals surface area contributed by atoms with Crippen LogP contribution in [0.2, 0.25) is 0 Å². The number of urea groups is 1. The summed E-state index contributed by atoms with van der Waals surface area (Å²) in [4.78, 5) is 14.9. The number of amides is 2. The normalized spacial score (nSPS) is 16.8. The highest BCUT2D eigenvalue weighted by Crippen LogP contribution is 2.34. The fourth-order valence-electron chi connectivity index (χ4n) is 3.75. The molecule has 0 aromatic heterocycles. The second-order valence-electron chi connectivity index (χ2n) is 7.41. The predicted molar refractivity (Wildman–Crippen MR) is 107 cm³/mol. The quantitative estimate of drug-likeness (QED) is 0.803. The number of ether oxygens (including phenoxy) is 2. The van der Waals surface area contributed by atoms with E-state index in [0.717, 1.165) is 36.7 Å². The lowest BCUT2D eigenvalue weighted by Crippen LogP contribution is -2.36.